The second-order valence-electron chi connectivity index (χ2n) is 11.1. The molecule has 1 aliphatic rings. The first-order chi connectivity index (χ1) is 17.0. The number of imidazole rings is 1. The topological polar surface area (TPSA) is 39.5 Å². The first-order valence-corrected chi connectivity index (χ1v) is 16.1. The molecule has 0 amide bonds. The van der Waals surface area contributed by atoms with Crippen molar-refractivity contribution in [3.05, 3.63) is 80.8 Å². The average molecular weight is 547 g/mol. The molecule has 0 saturated carbocycles. The molecule has 0 unspecified atom stereocenters. The smallest absolute Gasteiger partial charge is 0.192 e. The van der Waals surface area contributed by atoms with Crippen molar-refractivity contribution < 1.29 is 9.16 Å². The van der Waals surface area contributed by atoms with Crippen LogP contribution >= 0.6 is 23.2 Å². The minimum absolute atomic E-state index is 0.134. The van der Waals surface area contributed by atoms with Gasteiger partial charge in [0.05, 0.1) is 26.0 Å². The fourth-order valence-corrected chi connectivity index (χ4v) is 5.57. The Kier molecular flexibility index (Phi) is 8.22. The summed E-state index contributed by atoms with van der Waals surface area (Å²) in [6, 6.07) is 13.9. The van der Waals surface area contributed by atoms with E-state index in [1.807, 2.05) is 30.3 Å². The molecule has 0 radical (unpaired) electrons. The normalized spacial score (nSPS) is 14.7. The van der Waals surface area contributed by atoms with Crippen LogP contribution in [0.25, 0.3) is 0 Å². The van der Waals surface area contributed by atoms with E-state index in [9.17, 15) is 0 Å². The molecule has 0 fully saturated rings. The number of hydrogen-bond donors (Lipinski definition) is 0. The number of halogens is 2. The lowest BCUT2D eigenvalue weighted by Gasteiger charge is -2.36. The molecular weight excluding hydrogens is 509 g/mol. The number of aromatic nitrogens is 2. The lowest BCUT2D eigenvalue weighted by Crippen LogP contribution is -2.40. The number of hydrogen-bond acceptors (Lipinski definition) is 4. The van der Waals surface area contributed by atoms with Crippen molar-refractivity contribution in [2.75, 3.05) is 13.7 Å². The van der Waals surface area contributed by atoms with Crippen molar-refractivity contribution in [3.63, 3.8) is 0 Å². The van der Waals surface area contributed by atoms with Gasteiger partial charge in [0, 0.05) is 41.8 Å². The van der Waals surface area contributed by atoms with E-state index in [0.29, 0.717) is 18.2 Å². The zero-order chi connectivity index (χ0) is 26.1. The Hall–Kier alpha value is -1.83. The summed E-state index contributed by atoms with van der Waals surface area (Å²) in [5.74, 6) is 1.84. The largest absolute Gasteiger partial charge is 0.497 e. The average Bonchev–Trinajstić information content (AvgIpc) is 3.16. The van der Waals surface area contributed by atoms with Gasteiger partial charge in [-0.2, -0.15) is 0 Å². The fraction of sp³-hybridized carbons (Fsp3) is 0.464. The van der Waals surface area contributed by atoms with Gasteiger partial charge in [0.1, 0.15) is 11.6 Å². The Balaban J connectivity index is 1.60. The highest BCUT2D eigenvalue weighted by atomic mass is 35.5. The quantitative estimate of drug-likeness (QED) is 0.278. The van der Waals surface area contributed by atoms with E-state index >= 15 is 0 Å². The lowest BCUT2D eigenvalue weighted by atomic mass is 10.1. The Morgan fingerprint density at radius 2 is 1.75 bits per heavy atom. The van der Waals surface area contributed by atoms with Crippen LogP contribution in [0.15, 0.2) is 42.5 Å². The van der Waals surface area contributed by atoms with Crippen LogP contribution in [0.3, 0.4) is 0 Å². The summed E-state index contributed by atoms with van der Waals surface area (Å²) in [6.07, 6.45) is 0.927. The fourth-order valence-electron chi connectivity index (χ4n) is 4.27. The number of benzene rings is 2. The monoisotopic (exact) mass is 545 g/mol. The minimum Gasteiger partial charge on any atom is -0.497 e. The summed E-state index contributed by atoms with van der Waals surface area (Å²) in [4.78, 5) is 7.58. The van der Waals surface area contributed by atoms with Gasteiger partial charge in [-0.15, -0.1) is 0 Å². The standard InChI is InChI=1S/C28H37Cl2N3O2Si/c1-28(2,3)36(5,6)35-19-27-31-25-18-32(16-20-7-10-23(34-4)11-8-20)14-13-26(25)33(27)17-21-15-22(29)9-12-24(21)30/h7-12,15H,13-14,16-19H2,1-6H3. The molecule has 0 N–H and O–H groups in total. The van der Waals surface area contributed by atoms with Gasteiger partial charge in [0.25, 0.3) is 0 Å². The molecule has 4 rings (SSSR count). The highest BCUT2D eigenvalue weighted by Crippen LogP contribution is 2.37. The number of nitrogens with zero attached hydrogens (tertiary/aromatic N) is 3. The van der Waals surface area contributed by atoms with Crippen molar-refractivity contribution in [3.8, 4) is 5.75 Å². The number of methoxy groups -OCH3 is 1. The maximum Gasteiger partial charge on any atom is 0.192 e. The van der Waals surface area contributed by atoms with Crippen LogP contribution in [0, 0.1) is 0 Å². The molecule has 0 saturated heterocycles. The molecule has 2 aromatic carbocycles. The molecule has 1 aliphatic heterocycles. The van der Waals surface area contributed by atoms with E-state index in [1.165, 1.54) is 11.3 Å². The van der Waals surface area contributed by atoms with Gasteiger partial charge in [-0.3, -0.25) is 4.90 Å². The molecule has 0 atom stereocenters. The molecule has 36 heavy (non-hydrogen) atoms. The Bertz CT molecular complexity index is 1200. The summed E-state index contributed by atoms with van der Waals surface area (Å²) in [5, 5.41) is 1.54. The van der Waals surface area contributed by atoms with Crippen LogP contribution in [0.2, 0.25) is 28.2 Å². The highest BCUT2D eigenvalue weighted by Gasteiger charge is 2.37. The Morgan fingerprint density at radius 3 is 2.42 bits per heavy atom. The summed E-state index contributed by atoms with van der Waals surface area (Å²) >= 11 is 12.9. The van der Waals surface area contributed by atoms with Gasteiger partial charge in [0.15, 0.2) is 8.32 Å². The SMILES string of the molecule is COc1ccc(CN2CCc3c(nc(CO[Si](C)(C)C(C)(C)C)n3Cc3cc(Cl)ccc3Cl)C2)cc1. The van der Waals surface area contributed by atoms with Gasteiger partial charge in [-0.25, -0.2) is 4.98 Å². The zero-order valence-corrected chi connectivity index (χ0v) is 24.7. The maximum absolute atomic E-state index is 6.61. The highest BCUT2D eigenvalue weighted by molar-refractivity contribution is 6.74. The van der Waals surface area contributed by atoms with Gasteiger partial charge in [-0.05, 0) is 59.6 Å². The molecule has 0 bridgehead atoms. The van der Waals surface area contributed by atoms with E-state index in [1.54, 1.807) is 7.11 Å². The van der Waals surface area contributed by atoms with Gasteiger partial charge in [0.2, 0.25) is 0 Å². The summed E-state index contributed by atoms with van der Waals surface area (Å²) in [7, 11) is -0.234. The molecule has 8 heteroatoms. The van der Waals surface area contributed by atoms with Crippen molar-refractivity contribution in [2.24, 2.45) is 0 Å². The second kappa shape index (κ2) is 10.9. The zero-order valence-electron chi connectivity index (χ0n) is 22.2. The summed E-state index contributed by atoms with van der Waals surface area (Å²) < 4.78 is 14.2. The predicted octanol–water partition coefficient (Wildman–Crippen LogP) is 7.33. The van der Waals surface area contributed by atoms with Crippen LogP contribution < -0.4 is 4.74 Å². The third kappa shape index (κ3) is 6.17. The lowest BCUT2D eigenvalue weighted by molar-refractivity contribution is 0.239. The van der Waals surface area contributed by atoms with E-state index in [4.69, 9.17) is 37.3 Å². The number of fused-ring (bicyclic) bond motifs is 1. The molecule has 3 aromatic rings. The first kappa shape index (κ1) is 27.2. The maximum atomic E-state index is 6.61. The molecule has 0 aliphatic carbocycles. The van der Waals surface area contributed by atoms with Crippen molar-refractivity contribution in [1.29, 1.82) is 0 Å². The van der Waals surface area contributed by atoms with E-state index in [2.05, 4.69) is 55.5 Å². The Morgan fingerprint density at radius 1 is 1.03 bits per heavy atom. The molecule has 1 aromatic heterocycles. The van der Waals surface area contributed by atoms with Crippen molar-refractivity contribution in [1.82, 2.24) is 14.5 Å². The minimum atomic E-state index is -1.93. The summed E-state index contributed by atoms with van der Waals surface area (Å²) in [5.41, 5.74) is 4.66. The van der Waals surface area contributed by atoms with Crippen LogP contribution in [0.4, 0.5) is 0 Å². The van der Waals surface area contributed by atoms with Crippen LogP contribution in [-0.2, 0) is 37.1 Å². The van der Waals surface area contributed by atoms with E-state index in [-0.39, 0.29) is 5.04 Å². The number of ether oxygens (including phenoxy) is 1. The van der Waals surface area contributed by atoms with Crippen LogP contribution in [0.5, 0.6) is 5.75 Å². The molecule has 0 spiro atoms. The third-order valence-electron chi connectivity index (χ3n) is 7.54. The van der Waals surface area contributed by atoms with Gasteiger partial charge >= 0.3 is 0 Å². The Labute approximate surface area is 226 Å². The molecule has 5 nitrogen and oxygen atoms in total. The molecule has 2 heterocycles. The number of rotatable bonds is 8. The first-order valence-electron chi connectivity index (χ1n) is 12.5. The third-order valence-corrected chi connectivity index (χ3v) is 12.6. The molecular formula is C28H37Cl2N3O2Si. The predicted molar refractivity (Wildman–Crippen MR) is 151 cm³/mol. The van der Waals surface area contributed by atoms with Crippen molar-refractivity contribution in [2.45, 2.75) is 71.6 Å². The van der Waals surface area contributed by atoms with Gasteiger partial charge < -0.3 is 13.7 Å². The van der Waals surface area contributed by atoms with Crippen molar-refractivity contribution >= 4 is 31.5 Å². The van der Waals surface area contributed by atoms with Crippen LogP contribution in [-0.4, -0.2) is 36.4 Å². The molecule has 194 valence electrons. The van der Waals surface area contributed by atoms with E-state index < -0.39 is 8.32 Å². The van der Waals surface area contributed by atoms with Crippen LogP contribution in [0.1, 0.15) is 49.1 Å². The van der Waals surface area contributed by atoms with E-state index in [0.717, 1.165) is 53.9 Å². The second-order valence-corrected chi connectivity index (χ2v) is 16.8. The van der Waals surface area contributed by atoms with Gasteiger partial charge in [-0.1, -0.05) is 56.1 Å². The summed E-state index contributed by atoms with van der Waals surface area (Å²) in [6.45, 7) is 15.2.